The van der Waals surface area contributed by atoms with Crippen molar-refractivity contribution in [3.63, 3.8) is 0 Å². The molecule has 0 radical (unpaired) electrons. The molecule has 0 saturated carbocycles. The molecule has 2 heterocycles. The standard InChI is InChI=1S/C21H20ClN3O5S/c1-21(13-2-7-16-17(10-13)30-12-29-16)19(27)25(20(28)24-21)11-18(26)23-8-9-31-15-5-3-14(22)4-6-15/h2-7,10H,8-9,11-12H2,1H3,(H,23,26)(H,24,28)/t21-/m0/s1. The Labute approximate surface area is 188 Å². The molecule has 2 aromatic carbocycles. The highest BCUT2D eigenvalue weighted by Crippen LogP contribution is 2.37. The van der Waals surface area contributed by atoms with E-state index in [1.54, 1.807) is 49.0 Å². The minimum Gasteiger partial charge on any atom is -0.454 e. The third kappa shape index (κ3) is 4.42. The Balaban J connectivity index is 1.32. The number of benzene rings is 2. The van der Waals surface area contributed by atoms with Crippen molar-refractivity contribution in [3.05, 3.63) is 53.1 Å². The van der Waals surface area contributed by atoms with Crippen LogP contribution in [0.25, 0.3) is 0 Å². The summed E-state index contributed by atoms with van der Waals surface area (Å²) in [6, 6.07) is 11.8. The van der Waals surface area contributed by atoms with E-state index in [1.165, 1.54) is 0 Å². The third-order valence-electron chi connectivity index (χ3n) is 5.03. The summed E-state index contributed by atoms with van der Waals surface area (Å²) in [4.78, 5) is 39.7. The van der Waals surface area contributed by atoms with Gasteiger partial charge in [0, 0.05) is 22.2 Å². The number of carbonyl (C=O) groups excluding carboxylic acids is 3. The number of carbonyl (C=O) groups is 3. The molecule has 4 rings (SSSR count). The van der Waals surface area contributed by atoms with Crippen molar-refractivity contribution in [2.75, 3.05) is 25.6 Å². The number of rotatable bonds is 7. The van der Waals surface area contributed by atoms with E-state index in [1.807, 2.05) is 12.1 Å². The largest absolute Gasteiger partial charge is 0.454 e. The van der Waals surface area contributed by atoms with Gasteiger partial charge in [-0.05, 0) is 48.9 Å². The molecule has 2 aliphatic rings. The highest BCUT2D eigenvalue weighted by Gasteiger charge is 2.49. The van der Waals surface area contributed by atoms with Crippen LogP contribution in [0.4, 0.5) is 4.79 Å². The van der Waals surface area contributed by atoms with Crippen molar-refractivity contribution in [2.45, 2.75) is 17.4 Å². The average Bonchev–Trinajstić information content (AvgIpc) is 3.31. The highest BCUT2D eigenvalue weighted by molar-refractivity contribution is 7.99. The molecular weight excluding hydrogens is 442 g/mol. The zero-order valence-corrected chi connectivity index (χ0v) is 18.2. The monoisotopic (exact) mass is 461 g/mol. The van der Waals surface area contributed by atoms with Crippen LogP contribution in [0.15, 0.2) is 47.4 Å². The topological polar surface area (TPSA) is 97.0 Å². The van der Waals surface area contributed by atoms with Crippen LogP contribution in [0.3, 0.4) is 0 Å². The van der Waals surface area contributed by atoms with Gasteiger partial charge in [-0.15, -0.1) is 11.8 Å². The normalized spacial score (nSPS) is 19.5. The number of imide groups is 1. The minimum atomic E-state index is -1.29. The molecule has 31 heavy (non-hydrogen) atoms. The van der Waals surface area contributed by atoms with E-state index in [4.69, 9.17) is 21.1 Å². The predicted molar refractivity (Wildman–Crippen MR) is 115 cm³/mol. The Bertz CT molecular complexity index is 1030. The van der Waals surface area contributed by atoms with Crippen molar-refractivity contribution in [2.24, 2.45) is 0 Å². The first-order chi connectivity index (χ1) is 14.9. The minimum absolute atomic E-state index is 0.110. The maximum Gasteiger partial charge on any atom is 0.325 e. The molecule has 1 fully saturated rings. The first-order valence-electron chi connectivity index (χ1n) is 9.56. The van der Waals surface area contributed by atoms with E-state index < -0.39 is 23.4 Å². The maximum absolute atomic E-state index is 13.0. The fourth-order valence-electron chi connectivity index (χ4n) is 3.33. The third-order valence-corrected chi connectivity index (χ3v) is 6.30. The maximum atomic E-state index is 13.0. The van der Waals surface area contributed by atoms with Gasteiger partial charge in [-0.3, -0.25) is 14.5 Å². The van der Waals surface area contributed by atoms with Crippen LogP contribution in [0.5, 0.6) is 11.5 Å². The average molecular weight is 462 g/mol. The van der Waals surface area contributed by atoms with Crippen molar-refractivity contribution < 1.29 is 23.9 Å². The Morgan fingerprint density at radius 1 is 1.19 bits per heavy atom. The van der Waals surface area contributed by atoms with Gasteiger partial charge in [-0.25, -0.2) is 4.79 Å². The van der Waals surface area contributed by atoms with E-state index in [0.717, 1.165) is 9.80 Å². The molecule has 10 heteroatoms. The number of hydrogen-bond acceptors (Lipinski definition) is 6. The molecule has 2 aliphatic heterocycles. The van der Waals surface area contributed by atoms with Crippen LogP contribution >= 0.6 is 23.4 Å². The lowest BCUT2D eigenvalue weighted by atomic mass is 9.91. The zero-order valence-electron chi connectivity index (χ0n) is 16.6. The van der Waals surface area contributed by atoms with Gasteiger partial charge >= 0.3 is 6.03 Å². The molecule has 1 saturated heterocycles. The molecule has 0 aromatic heterocycles. The lowest BCUT2D eigenvalue weighted by Gasteiger charge is -2.22. The van der Waals surface area contributed by atoms with Gasteiger partial charge in [-0.1, -0.05) is 17.7 Å². The SMILES string of the molecule is C[C@@]1(c2ccc3c(c2)OCO3)NC(=O)N(CC(=O)NCCSc2ccc(Cl)cc2)C1=O. The Kier molecular flexibility index (Phi) is 5.97. The summed E-state index contributed by atoms with van der Waals surface area (Å²) in [6.07, 6.45) is 0. The molecule has 0 bridgehead atoms. The lowest BCUT2D eigenvalue weighted by molar-refractivity contribution is -0.134. The Morgan fingerprint density at radius 3 is 2.71 bits per heavy atom. The molecule has 8 nitrogen and oxygen atoms in total. The first kappa shape index (κ1) is 21.3. The highest BCUT2D eigenvalue weighted by atomic mass is 35.5. The number of hydrogen-bond donors (Lipinski definition) is 2. The summed E-state index contributed by atoms with van der Waals surface area (Å²) in [5.41, 5.74) is -0.736. The molecule has 162 valence electrons. The molecule has 2 aromatic rings. The number of halogens is 1. The van der Waals surface area contributed by atoms with Crippen molar-refractivity contribution in [1.29, 1.82) is 0 Å². The second-order valence-electron chi connectivity index (χ2n) is 7.17. The second kappa shape index (κ2) is 8.68. The predicted octanol–water partition coefficient (Wildman–Crippen LogP) is 2.74. The number of fused-ring (bicyclic) bond motifs is 1. The molecule has 1 atom stereocenters. The van der Waals surface area contributed by atoms with Gasteiger partial charge in [0.2, 0.25) is 12.7 Å². The van der Waals surface area contributed by atoms with E-state index in [9.17, 15) is 14.4 Å². The van der Waals surface area contributed by atoms with Gasteiger partial charge < -0.3 is 20.1 Å². The molecule has 0 spiro atoms. The summed E-state index contributed by atoms with van der Waals surface area (Å²) in [5.74, 6) is 0.826. The summed E-state index contributed by atoms with van der Waals surface area (Å²) >= 11 is 7.43. The summed E-state index contributed by atoms with van der Waals surface area (Å²) in [6.45, 7) is 1.76. The fourth-order valence-corrected chi connectivity index (χ4v) is 4.23. The number of ether oxygens (including phenoxy) is 2. The molecule has 0 aliphatic carbocycles. The number of nitrogens with zero attached hydrogens (tertiary/aromatic N) is 1. The van der Waals surface area contributed by atoms with Crippen LogP contribution in [0, 0.1) is 0 Å². The molecule has 4 amide bonds. The molecular formula is C21H20ClN3O5S. The van der Waals surface area contributed by atoms with Gasteiger partial charge in [0.05, 0.1) is 0 Å². The van der Waals surface area contributed by atoms with Gasteiger partial charge in [-0.2, -0.15) is 0 Å². The first-order valence-corrected chi connectivity index (χ1v) is 10.9. The van der Waals surface area contributed by atoms with Crippen molar-refractivity contribution in [1.82, 2.24) is 15.5 Å². The van der Waals surface area contributed by atoms with Gasteiger partial charge in [0.25, 0.3) is 5.91 Å². The van der Waals surface area contributed by atoms with Crippen LogP contribution in [-0.4, -0.2) is 48.4 Å². The van der Waals surface area contributed by atoms with Crippen molar-refractivity contribution >= 4 is 41.2 Å². The number of nitrogens with one attached hydrogen (secondary N) is 2. The van der Waals surface area contributed by atoms with Gasteiger partial charge in [0.1, 0.15) is 12.1 Å². The number of urea groups is 1. The summed E-state index contributed by atoms with van der Waals surface area (Å²) < 4.78 is 10.6. The van der Waals surface area contributed by atoms with Crippen LogP contribution in [0.1, 0.15) is 12.5 Å². The molecule has 0 unspecified atom stereocenters. The zero-order chi connectivity index (χ0) is 22.0. The molecule has 2 N–H and O–H groups in total. The lowest BCUT2D eigenvalue weighted by Crippen LogP contribution is -2.43. The Hall–Kier alpha value is -2.91. The van der Waals surface area contributed by atoms with E-state index >= 15 is 0 Å². The Morgan fingerprint density at radius 2 is 1.94 bits per heavy atom. The fraction of sp³-hybridized carbons (Fsp3) is 0.286. The summed E-state index contributed by atoms with van der Waals surface area (Å²) in [7, 11) is 0. The summed E-state index contributed by atoms with van der Waals surface area (Å²) in [5, 5.41) is 6.09. The number of amides is 4. The smallest absolute Gasteiger partial charge is 0.325 e. The van der Waals surface area contributed by atoms with Crippen molar-refractivity contribution in [3.8, 4) is 11.5 Å². The van der Waals surface area contributed by atoms with Gasteiger partial charge in [0.15, 0.2) is 11.5 Å². The van der Waals surface area contributed by atoms with E-state index in [-0.39, 0.29) is 13.3 Å². The van der Waals surface area contributed by atoms with E-state index in [0.29, 0.717) is 34.4 Å². The number of thioether (sulfide) groups is 1. The van der Waals surface area contributed by atoms with Crippen LogP contribution in [-0.2, 0) is 15.1 Å². The van der Waals surface area contributed by atoms with E-state index in [2.05, 4.69) is 10.6 Å². The second-order valence-corrected chi connectivity index (χ2v) is 8.77. The van der Waals surface area contributed by atoms with Crippen LogP contribution < -0.4 is 20.1 Å². The quantitative estimate of drug-likeness (QED) is 0.374. The van der Waals surface area contributed by atoms with Crippen LogP contribution in [0.2, 0.25) is 5.02 Å².